The molecule has 5 heteroatoms. The van der Waals surface area contributed by atoms with Crippen LogP contribution in [0.3, 0.4) is 0 Å². The predicted molar refractivity (Wildman–Crippen MR) is 71.9 cm³/mol. The number of aliphatic hydroxyl groups excluding tert-OH is 1. The molecule has 1 unspecified atom stereocenters. The third kappa shape index (κ3) is 4.38. The lowest BCUT2D eigenvalue weighted by Gasteiger charge is -2.14. The first-order chi connectivity index (χ1) is 8.41. The highest BCUT2D eigenvalue weighted by atomic mass is 79.9. The van der Waals surface area contributed by atoms with Gasteiger partial charge in [-0.1, -0.05) is 19.9 Å². The molecule has 0 fully saturated rings. The number of nitrogens with one attached hydrogen (secondary N) is 1. The van der Waals surface area contributed by atoms with Crippen molar-refractivity contribution in [3.63, 3.8) is 0 Å². The third-order valence-electron chi connectivity index (χ3n) is 2.44. The van der Waals surface area contributed by atoms with E-state index >= 15 is 0 Å². The molecule has 0 saturated heterocycles. The summed E-state index contributed by atoms with van der Waals surface area (Å²) in [6, 6.07) is 4.27. The van der Waals surface area contributed by atoms with Crippen LogP contribution in [-0.4, -0.2) is 23.7 Å². The molecule has 3 nitrogen and oxygen atoms in total. The van der Waals surface area contributed by atoms with E-state index in [-0.39, 0.29) is 16.6 Å². The number of benzene rings is 1. The second-order valence-electron chi connectivity index (χ2n) is 4.59. The minimum absolute atomic E-state index is 0.140. The fourth-order valence-corrected chi connectivity index (χ4v) is 2.06. The van der Waals surface area contributed by atoms with Crippen LogP contribution >= 0.6 is 15.9 Å². The Balaban J connectivity index is 2.58. The number of aliphatic hydroxyl groups is 1. The summed E-state index contributed by atoms with van der Waals surface area (Å²) in [7, 11) is 0. The summed E-state index contributed by atoms with van der Waals surface area (Å²) >= 11 is 3.03. The first kappa shape index (κ1) is 15.1. The van der Waals surface area contributed by atoms with Crippen LogP contribution in [0.2, 0.25) is 0 Å². The van der Waals surface area contributed by atoms with Gasteiger partial charge in [0, 0.05) is 6.54 Å². The van der Waals surface area contributed by atoms with E-state index in [9.17, 15) is 14.3 Å². The van der Waals surface area contributed by atoms with Gasteiger partial charge < -0.3 is 10.4 Å². The summed E-state index contributed by atoms with van der Waals surface area (Å²) in [6.45, 7) is 4.16. The highest BCUT2D eigenvalue weighted by molar-refractivity contribution is 9.10. The Morgan fingerprint density at radius 2 is 2.17 bits per heavy atom. The van der Waals surface area contributed by atoms with Crippen LogP contribution in [0.15, 0.2) is 22.7 Å². The van der Waals surface area contributed by atoms with Crippen LogP contribution in [0.4, 0.5) is 4.39 Å². The van der Waals surface area contributed by atoms with Gasteiger partial charge in [0.05, 0.1) is 16.1 Å². The summed E-state index contributed by atoms with van der Waals surface area (Å²) in [5.74, 6) is -0.521. The Morgan fingerprint density at radius 3 is 2.78 bits per heavy atom. The van der Waals surface area contributed by atoms with Crippen LogP contribution in [0.1, 0.15) is 30.6 Å². The topological polar surface area (TPSA) is 49.3 Å². The third-order valence-corrected chi connectivity index (χ3v) is 3.24. The summed E-state index contributed by atoms with van der Waals surface area (Å²) in [4.78, 5) is 11.8. The summed E-state index contributed by atoms with van der Waals surface area (Å²) in [5.41, 5.74) is 0.228. The monoisotopic (exact) mass is 317 g/mol. The minimum atomic E-state index is -0.582. The number of hydrogen-bond donors (Lipinski definition) is 2. The van der Waals surface area contributed by atoms with Crippen molar-refractivity contribution in [2.24, 2.45) is 5.92 Å². The SMILES string of the molecule is CC(C)CC(O)CNC(=O)c1cccc(F)c1Br. The molecule has 1 aromatic rings. The molecular weight excluding hydrogens is 301 g/mol. The van der Waals surface area contributed by atoms with Crippen molar-refractivity contribution in [2.45, 2.75) is 26.4 Å². The molecule has 1 atom stereocenters. The van der Waals surface area contributed by atoms with E-state index in [1.807, 2.05) is 13.8 Å². The maximum Gasteiger partial charge on any atom is 0.252 e. The Labute approximate surface area is 115 Å². The summed E-state index contributed by atoms with van der Waals surface area (Å²) < 4.78 is 13.4. The molecule has 1 rings (SSSR count). The van der Waals surface area contributed by atoms with Gasteiger partial charge in [-0.25, -0.2) is 4.39 Å². The van der Waals surface area contributed by atoms with E-state index in [4.69, 9.17) is 0 Å². The van der Waals surface area contributed by atoms with E-state index in [1.165, 1.54) is 18.2 Å². The van der Waals surface area contributed by atoms with Crippen LogP contribution in [0.25, 0.3) is 0 Å². The van der Waals surface area contributed by atoms with Gasteiger partial charge >= 0.3 is 0 Å². The van der Waals surface area contributed by atoms with Gasteiger partial charge in [0.15, 0.2) is 0 Å². The number of carbonyl (C=O) groups is 1. The molecule has 0 heterocycles. The lowest BCUT2D eigenvalue weighted by atomic mass is 10.1. The van der Waals surface area contributed by atoms with Gasteiger partial charge in [0.25, 0.3) is 5.91 Å². The second-order valence-corrected chi connectivity index (χ2v) is 5.39. The molecule has 0 aliphatic rings. The lowest BCUT2D eigenvalue weighted by Crippen LogP contribution is -2.33. The zero-order chi connectivity index (χ0) is 13.7. The molecule has 2 N–H and O–H groups in total. The van der Waals surface area contributed by atoms with E-state index in [0.29, 0.717) is 12.3 Å². The van der Waals surface area contributed by atoms with E-state index in [2.05, 4.69) is 21.2 Å². The maximum absolute atomic E-state index is 13.2. The number of halogens is 2. The molecule has 0 aromatic heterocycles. The standard InChI is InChI=1S/C13H17BrFNO2/c1-8(2)6-9(17)7-16-13(18)10-4-3-5-11(15)12(10)14/h3-5,8-9,17H,6-7H2,1-2H3,(H,16,18). The molecule has 0 aliphatic heterocycles. The molecule has 0 bridgehead atoms. The summed E-state index contributed by atoms with van der Waals surface area (Å²) in [5, 5.41) is 12.2. The van der Waals surface area contributed by atoms with Crippen molar-refractivity contribution in [1.29, 1.82) is 0 Å². The zero-order valence-corrected chi connectivity index (χ0v) is 12.0. The average Bonchev–Trinajstić information content (AvgIpc) is 2.29. The van der Waals surface area contributed by atoms with Crippen LogP contribution in [0, 0.1) is 11.7 Å². The largest absolute Gasteiger partial charge is 0.391 e. The van der Waals surface area contributed by atoms with Crippen LogP contribution < -0.4 is 5.32 Å². The van der Waals surface area contributed by atoms with Gasteiger partial charge in [-0.15, -0.1) is 0 Å². The fraction of sp³-hybridized carbons (Fsp3) is 0.462. The molecule has 100 valence electrons. The Bertz CT molecular complexity index is 423. The number of hydrogen-bond acceptors (Lipinski definition) is 2. The Morgan fingerprint density at radius 1 is 1.50 bits per heavy atom. The Kier molecular flexibility index (Phi) is 5.75. The van der Waals surface area contributed by atoms with Gasteiger partial charge in [0.1, 0.15) is 5.82 Å². The molecule has 1 amide bonds. The molecule has 0 saturated carbocycles. The van der Waals surface area contributed by atoms with E-state index < -0.39 is 17.8 Å². The van der Waals surface area contributed by atoms with Crippen molar-refractivity contribution < 1.29 is 14.3 Å². The van der Waals surface area contributed by atoms with Crippen molar-refractivity contribution >= 4 is 21.8 Å². The van der Waals surface area contributed by atoms with Crippen molar-refractivity contribution in [3.05, 3.63) is 34.1 Å². The number of amides is 1. The van der Waals surface area contributed by atoms with E-state index in [1.54, 1.807) is 0 Å². The molecule has 0 radical (unpaired) electrons. The predicted octanol–water partition coefficient (Wildman–Crippen LogP) is 2.73. The van der Waals surface area contributed by atoms with Crippen molar-refractivity contribution in [3.8, 4) is 0 Å². The second kappa shape index (κ2) is 6.85. The molecule has 0 spiro atoms. The van der Waals surface area contributed by atoms with Crippen molar-refractivity contribution in [2.75, 3.05) is 6.54 Å². The van der Waals surface area contributed by atoms with Gasteiger partial charge in [-0.2, -0.15) is 0 Å². The normalized spacial score (nSPS) is 12.6. The van der Waals surface area contributed by atoms with Gasteiger partial charge in [-0.3, -0.25) is 4.79 Å². The zero-order valence-electron chi connectivity index (χ0n) is 10.4. The first-order valence-corrected chi connectivity index (χ1v) is 6.61. The first-order valence-electron chi connectivity index (χ1n) is 5.82. The van der Waals surface area contributed by atoms with Crippen LogP contribution in [0.5, 0.6) is 0 Å². The molecule has 18 heavy (non-hydrogen) atoms. The van der Waals surface area contributed by atoms with E-state index in [0.717, 1.165) is 0 Å². The molecule has 0 aliphatic carbocycles. The summed E-state index contributed by atoms with van der Waals surface area (Å²) in [6.07, 6.45) is 0.0335. The van der Waals surface area contributed by atoms with Crippen molar-refractivity contribution in [1.82, 2.24) is 5.32 Å². The van der Waals surface area contributed by atoms with Gasteiger partial charge in [-0.05, 0) is 40.4 Å². The highest BCUT2D eigenvalue weighted by Crippen LogP contribution is 2.20. The minimum Gasteiger partial charge on any atom is -0.391 e. The smallest absolute Gasteiger partial charge is 0.252 e. The molecular formula is C13H17BrFNO2. The van der Waals surface area contributed by atoms with Gasteiger partial charge in [0.2, 0.25) is 0 Å². The maximum atomic E-state index is 13.2. The molecule has 1 aromatic carbocycles. The number of rotatable bonds is 5. The number of carbonyl (C=O) groups excluding carboxylic acids is 1. The van der Waals surface area contributed by atoms with Crippen LogP contribution in [-0.2, 0) is 0 Å². The average molecular weight is 318 g/mol. The fourth-order valence-electron chi connectivity index (χ4n) is 1.61. The highest BCUT2D eigenvalue weighted by Gasteiger charge is 2.14. The Hall–Kier alpha value is -0.940. The quantitative estimate of drug-likeness (QED) is 0.877. The lowest BCUT2D eigenvalue weighted by molar-refractivity contribution is 0.0899.